The van der Waals surface area contributed by atoms with Gasteiger partial charge in [-0.15, -0.1) is 13.2 Å². The van der Waals surface area contributed by atoms with E-state index in [9.17, 15) is 18.0 Å². The molecule has 0 bridgehead atoms. The van der Waals surface area contributed by atoms with Crippen LogP contribution in [0.5, 0.6) is 5.75 Å². The summed E-state index contributed by atoms with van der Waals surface area (Å²) >= 11 is 0. The zero-order valence-electron chi connectivity index (χ0n) is 15.6. The molecule has 150 valence electrons. The van der Waals surface area contributed by atoms with Crippen molar-refractivity contribution < 1.29 is 17.9 Å². The molecular weight excluding hydrogens is 385 g/mol. The topological polar surface area (TPSA) is 54.0 Å². The van der Waals surface area contributed by atoms with E-state index in [1.54, 1.807) is 30.2 Å². The number of benzene rings is 1. The lowest BCUT2D eigenvalue weighted by Gasteiger charge is -2.13. The summed E-state index contributed by atoms with van der Waals surface area (Å²) in [5, 5.41) is 4.72. The molecule has 0 N–H and O–H groups in total. The molecule has 29 heavy (non-hydrogen) atoms. The molecule has 9 heteroatoms. The van der Waals surface area contributed by atoms with Crippen molar-refractivity contribution >= 4 is 10.9 Å². The Hall–Kier alpha value is -3.49. The molecule has 0 saturated carbocycles. The first kappa shape index (κ1) is 18.9. The van der Waals surface area contributed by atoms with Gasteiger partial charge in [0.1, 0.15) is 5.75 Å². The van der Waals surface area contributed by atoms with Crippen molar-refractivity contribution in [1.29, 1.82) is 0 Å². The Labute approximate surface area is 163 Å². The molecule has 0 aliphatic rings. The molecule has 4 rings (SSSR count). The summed E-state index contributed by atoms with van der Waals surface area (Å²) in [6.07, 6.45) is 2.31. The highest BCUT2D eigenvalue weighted by molar-refractivity contribution is 5.94. The molecule has 0 fully saturated rings. The first-order valence-corrected chi connectivity index (χ1v) is 8.86. The summed E-state index contributed by atoms with van der Waals surface area (Å²) in [6.45, 7) is 2.67. The lowest BCUT2D eigenvalue weighted by molar-refractivity contribution is -0.274. The molecule has 0 atom stereocenters. The first-order valence-electron chi connectivity index (χ1n) is 8.86. The number of halogens is 3. The Morgan fingerprint density at radius 2 is 1.83 bits per heavy atom. The van der Waals surface area contributed by atoms with Crippen LogP contribution in [0.1, 0.15) is 6.92 Å². The van der Waals surface area contributed by atoms with Crippen molar-refractivity contribution in [2.45, 2.75) is 19.8 Å². The molecular formula is C20H17F3N4O2. The van der Waals surface area contributed by atoms with Gasteiger partial charge in [0.05, 0.1) is 17.1 Å². The van der Waals surface area contributed by atoms with Crippen LogP contribution in [0.25, 0.3) is 27.7 Å². The molecule has 0 unspecified atom stereocenters. The van der Waals surface area contributed by atoms with E-state index in [1.165, 1.54) is 28.8 Å². The summed E-state index contributed by atoms with van der Waals surface area (Å²) in [5.41, 5.74) is 2.59. The summed E-state index contributed by atoms with van der Waals surface area (Å²) in [4.78, 5) is 13.1. The lowest BCUT2D eigenvalue weighted by Crippen LogP contribution is -2.19. The predicted octanol–water partition coefficient (Wildman–Crippen LogP) is 4.11. The molecule has 6 nitrogen and oxygen atoms in total. The summed E-state index contributed by atoms with van der Waals surface area (Å²) < 4.78 is 46.1. The number of alkyl halides is 3. The Morgan fingerprint density at radius 3 is 2.41 bits per heavy atom. The van der Waals surface area contributed by atoms with Crippen LogP contribution in [0.15, 0.2) is 59.9 Å². The van der Waals surface area contributed by atoms with Gasteiger partial charge in [0, 0.05) is 49.0 Å². The van der Waals surface area contributed by atoms with Crippen LogP contribution in [-0.2, 0) is 13.6 Å². The fourth-order valence-electron chi connectivity index (χ4n) is 3.36. The van der Waals surface area contributed by atoms with E-state index >= 15 is 0 Å². The fourth-order valence-corrected chi connectivity index (χ4v) is 3.36. The number of aryl methyl sites for hydroxylation is 2. The third-order valence-corrected chi connectivity index (χ3v) is 4.63. The lowest BCUT2D eigenvalue weighted by atomic mass is 10.1. The predicted molar refractivity (Wildman–Crippen MR) is 102 cm³/mol. The Balaban J connectivity index is 1.90. The van der Waals surface area contributed by atoms with Crippen LogP contribution in [0.2, 0.25) is 0 Å². The summed E-state index contributed by atoms with van der Waals surface area (Å²) in [7, 11) is 1.80. The third-order valence-electron chi connectivity index (χ3n) is 4.63. The van der Waals surface area contributed by atoms with Gasteiger partial charge in [-0.05, 0) is 37.3 Å². The van der Waals surface area contributed by atoms with E-state index in [4.69, 9.17) is 0 Å². The van der Waals surface area contributed by atoms with Crippen molar-refractivity contribution in [3.05, 3.63) is 65.5 Å². The second-order valence-electron chi connectivity index (χ2n) is 6.53. The molecule has 3 heterocycles. The van der Waals surface area contributed by atoms with E-state index < -0.39 is 6.36 Å². The molecule has 0 spiro atoms. The number of fused-ring (bicyclic) bond motifs is 1. The van der Waals surface area contributed by atoms with Crippen molar-refractivity contribution in [2.24, 2.45) is 7.05 Å². The maximum absolute atomic E-state index is 13.1. The summed E-state index contributed by atoms with van der Waals surface area (Å²) in [5.74, 6) is -0.347. The second kappa shape index (κ2) is 6.84. The van der Waals surface area contributed by atoms with Gasteiger partial charge in [0.2, 0.25) is 0 Å². The highest BCUT2D eigenvalue weighted by Crippen LogP contribution is 2.29. The molecule has 4 aromatic rings. The first-order chi connectivity index (χ1) is 13.8. The molecule has 0 radical (unpaired) electrons. The molecule has 3 aromatic heterocycles. The zero-order chi connectivity index (χ0) is 20.8. The molecule has 0 saturated heterocycles. The number of pyridine rings is 1. The largest absolute Gasteiger partial charge is 0.573 e. The van der Waals surface area contributed by atoms with Crippen LogP contribution in [0.3, 0.4) is 0 Å². The van der Waals surface area contributed by atoms with E-state index in [0.717, 1.165) is 16.6 Å². The van der Waals surface area contributed by atoms with E-state index in [0.29, 0.717) is 17.6 Å². The number of hydrogen-bond donors (Lipinski definition) is 0. The van der Waals surface area contributed by atoms with E-state index in [1.807, 2.05) is 23.9 Å². The van der Waals surface area contributed by atoms with Crippen molar-refractivity contribution in [2.75, 3.05) is 0 Å². The van der Waals surface area contributed by atoms with Gasteiger partial charge in [-0.1, -0.05) is 0 Å². The van der Waals surface area contributed by atoms with Gasteiger partial charge in [0.15, 0.2) is 0 Å². The SMILES string of the molecule is CCn1ccc2c(=O)n(-c3ccc(OC(F)(F)F)cc3)cc(-c3cnn(C)c3)c21. The van der Waals surface area contributed by atoms with Crippen LogP contribution < -0.4 is 10.3 Å². The van der Waals surface area contributed by atoms with Gasteiger partial charge in [-0.3, -0.25) is 14.0 Å². The van der Waals surface area contributed by atoms with Gasteiger partial charge in [-0.25, -0.2) is 0 Å². The molecule has 0 aliphatic carbocycles. The third kappa shape index (κ3) is 3.51. The van der Waals surface area contributed by atoms with Crippen LogP contribution in [0, 0.1) is 0 Å². The smallest absolute Gasteiger partial charge is 0.406 e. The standard InChI is InChI=1S/C20H17F3N4O2/c1-3-26-9-8-16-18(26)17(13-10-24-25(2)11-13)12-27(19(16)28)14-4-6-15(7-5-14)29-20(21,22)23/h4-12H,3H2,1-2H3. The minimum atomic E-state index is -4.77. The number of rotatable bonds is 4. The normalized spacial score (nSPS) is 11.9. The molecule has 0 aliphatic heterocycles. The quantitative estimate of drug-likeness (QED) is 0.516. The minimum absolute atomic E-state index is 0.260. The highest BCUT2D eigenvalue weighted by atomic mass is 19.4. The van der Waals surface area contributed by atoms with Crippen molar-refractivity contribution in [1.82, 2.24) is 18.9 Å². The molecule has 0 amide bonds. The maximum atomic E-state index is 13.1. The Kier molecular flexibility index (Phi) is 4.45. The van der Waals surface area contributed by atoms with Gasteiger partial charge < -0.3 is 9.30 Å². The number of nitrogens with zero attached hydrogens (tertiary/aromatic N) is 4. The number of ether oxygens (including phenoxy) is 1. The fraction of sp³-hybridized carbons (Fsp3) is 0.200. The van der Waals surface area contributed by atoms with Gasteiger partial charge in [-0.2, -0.15) is 5.10 Å². The van der Waals surface area contributed by atoms with E-state index in [-0.39, 0.29) is 11.3 Å². The average molecular weight is 402 g/mol. The van der Waals surface area contributed by atoms with Crippen LogP contribution >= 0.6 is 0 Å². The average Bonchev–Trinajstić information content (AvgIpc) is 3.28. The van der Waals surface area contributed by atoms with Crippen LogP contribution in [0.4, 0.5) is 13.2 Å². The monoisotopic (exact) mass is 402 g/mol. The Bertz CT molecular complexity index is 1230. The van der Waals surface area contributed by atoms with Crippen molar-refractivity contribution in [3.8, 4) is 22.6 Å². The Morgan fingerprint density at radius 1 is 1.10 bits per heavy atom. The van der Waals surface area contributed by atoms with Gasteiger partial charge >= 0.3 is 6.36 Å². The number of aromatic nitrogens is 4. The van der Waals surface area contributed by atoms with Gasteiger partial charge in [0.25, 0.3) is 5.56 Å². The highest BCUT2D eigenvalue weighted by Gasteiger charge is 2.31. The minimum Gasteiger partial charge on any atom is -0.406 e. The van der Waals surface area contributed by atoms with E-state index in [2.05, 4.69) is 9.84 Å². The summed E-state index contributed by atoms with van der Waals surface area (Å²) in [6, 6.07) is 6.94. The number of hydrogen-bond acceptors (Lipinski definition) is 3. The van der Waals surface area contributed by atoms with Crippen molar-refractivity contribution in [3.63, 3.8) is 0 Å². The molecule has 1 aromatic carbocycles. The maximum Gasteiger partial charge on any atom is 0.573 e. The zero-order valence-corrected chi connectivity index (χ0v) is 15.6. The second-order valence-corrected chi connectivity index (χ2v) is 6.53. The van der Waals surface area contributed by atoms with Crippen LogP contribution in [-0.4, -0.2) is 25.3 Å².